The largest absolute Gasteiger partial charge is 0.497 e. The van der Waals surface area contributed by atoms with E-state index in [4.69, 9.17) is 28.1 Å². The van der Waals surface area contributed by atoms with Crippen molar-refractivity contribution in [1.29, 1.82) is 0 Å². The van der Waals surface area contributed by atoms with Crippen LogP contribution in [-0.4, -0.2) is 33.9 Å². The Morgan fingerprint density at radius 3 is 2.37 bits per heavy atom. The first-order valence-electron chi connectivity index (χ1n) is 13.9. The maximum Gasteiger partial charge on any atom is 0.312 e. The van der Waals surface area contributed by atoms with E-state index in [-0.39, 0.29) is 17.8 Å². The second-order valence-corrected chi connectivity index (χ2v) is 10.1. The maximum absolute atomic E-state index is 13.8. The summed E-state index contributed by atoms with van der Waals surface area (Å²) in [5, 5.41) is 0.381. The number of rotatable bonds is 9. The van der Waals surface area contributed by atoms with E-state index in [2.05, 4.69) is 0 Å². The average Bonchev–Trinajstić information content (AvgIpc) is 3.04. The van der Waals surface area contributed by atoms with Gasteiger partial charge in [0.05, 0.1) is 45.3 Å². The van der Waals surface area contributed by atoms with Crippen molar-refractivity contribution >= 4 is 16.9 Å². The van der Waals surface area contributed by atoms with Gasteiger partial charge in [-0.25, -0.2) is 0 Å². The molecule has 0 saturated heterocycles. The van der Waals surface area contributed by atoms with Gasteiger partial charge in [-0.2, -0.15) is 0 Å². The van der Waals surface area contributed by atoms with Crippen molar-refractivity contribution in [3.63, 3.8) is 0 Å². The molecule has 0 amide bonds. The Bertz CT molecular complexity index is 1860. The van der Waals surface area contributed by atoms with E-state index in [1.165, 1.54) is 6.26 Å². The van der Waals surface area contributed by atoms with Crippen molar-refractivity contribution in [2.45, 2.75) is 18.8 Å². The lowest BCUT2D eigenvalue weighted by Gasteiger charge is -2.27. The van der Waals surface area contributed by atoms with Gasteiger partial charge in [-0.15, -0.1) is 0 Å². The molecule has 0 fully saturated rings. The van der Waals surface area contributed by atoms with Crippen LogP contribution in [0.25, 0.3) is 22.1 Å². The molecular formula is C35H30O8. The lowest BCUT2D eigenvalue weighted by molar-refractivity contribution is -0.135. The van der Waals surface area contributed by atoms with E-state index in [0.717, 1.165) is 16.9 Å². The third-order valence-corrected chi connectivity index (χ3v) is 7.68. The minimum Gasteiger partial charge on any atom is -0.497 e. The van der Waals surface area contributed by atoms with Crippen molar-refractivity contribution in [2.75, 3.05) is 27.9 Å². The molecule has 5 aromatic rings. The SMILES string of the molecule is COc1ccc(CCOc2ccccc2[C@@H]2CC(=O)Oc3ccc4c(=O)c(-c5ccc(OC)c(OC)c5)coc4c32)cc1. The molecule has 1 aliphatic heterocycles. The van der Waals surface area contributed by atoms with E-state index in [9.17, 15) is 9.59 Å². The first-order chi connectivity index (χ1) is 21.0. The van der Waals surface area contributed by atoms with Crippen LogP contribution in [0.2, 0.25) is 0 Å². The quantitative estimate of drug-likeness (QED) is 0.144. The van der Waals surface area contributed by atoms with E-state index in [1.54, 1.807) is 51.7 Å². The Kier molecular flexibility index (Phi) is 7.75. The number of hydrogen-bond donors (Lipinski definition) is 0. The summed E-state index contributed by atoms with van der Waals surface area (Å²) in [7, 11) is 4.73. The van der Waals surface area contributed by atoms with Gasteiger partial charge in [0.25, 0.3) is 0 Å². The van der Waals surface area contributed by atoms with Crippen molar-refractivity contribution < 1.29 is 32.9 Å². The Labute approximate surface area is 248 Å². The fourth-order valence-electron chi connectivity index (χ4n) is 5.49. The molecule has 218 valence electrons. The summed E-state index contributed by atoms with van der Waals surface area (Å²) in [5.41, 5.74) is 3.73. The lowest BCUT2D eigenvalue weighted by atomic mass is 9.84. The zero-order valence-electron chi connectivity index (χ0n) is 24.0. The zero-order valence-corrected chi connectivity index (χ0v) is 24.0. The van der Waals surface area contributed by atoms with Crippen molar-refractivity contribution in [3.8, 4) is 39.9 Å². The lowest BCUT2D eigenvalue weighted by Crippen LogP contribution is -2.22. The molecule has 0 N–H and O–H groups in total. The fraction of sp³-hybridized carbons (Fsp3) is 0.200. The molecule has 0 bridgehead atoms. The predicted octanol–water partition coefficient (Wildman–Crippen LogP) is 6.55. The van der Waals surface area contributed by atoms with Crippen LogP contribution in [0.5, 0.6) is 28.7 Å². The van der Waals surface area contributed by atoms with Crippen LogP contribution in [0.15, 0.2) is 94.3 Å². The third-order valence-electron chi connectivity index (χ3n) is 7.68. The monoisotopic (exact) mass is 578 g/mol. The van der Waals surface area contributed by atoms with Gasteiger partial charge < -0.3 is 28.1 Å². The van der Waals surface area contributed by atoms with Crippen molar-refractivity contribution in [1.82, 2.24) is 0 Å². The standard InChI is InChI=1S/C35H30O8/c1-38-23-11-8-21(9-12-23)16-17-41-28-7-5-4-6-24(28)26-19-32(36)43-30-15-13-25-34(37)27(20-42-35(25)33(26)30)22-10-14-29(39-2)31(18-22)40-3/h4-15,18,20,26H,16-17,19H2,1-3H3/t26-/m0/s1. The molecule has 0 saturated carbocycles. The molecule has 8 nitrogen and oxygen atoms in total. The number of hydrogen-bond acceptors (Lipinski definition) is 8. The van der Waals surface area contributed by atoms with Crippen molar-refractivity contribution in [2.24, 2.45) is 0 Å². The Hall–Kier alpha value is -5.24. The van der Waals surface area contributed by atoms with Gasteiger partial charge in [-0.3, -0.25) is 9.59 Å². The van der Waals surface area contributed by atoms with Gasteiger partial charge in [0.2, 0.25) is 5.43 Å². The van der Waals surface area contributed by atoms with Gasteiger partial charge in [0.15, 0.2) is 11.5 Å². The van der Waals surface area contributed by atoms with E-state index < -0.39 is 5.92 Å². The molecule has 0 unspecified atom stereocenters. The van der Waals surface area contributed by atoms with Crippen molar-refractivity contribution in [3.05, 3.63) is 112 Å². The molecule has 2 heterocycles. The third kappa shape index (κ3) is 5.39. The summed E-state index contributed by atoms with van der Waals surface area (Å²) >= 11 is 0. The van der Waals surface area contributed by atoms with Gasteiger partial charge in [-0.1, -0.05) is 36.4 Å². The van der Waals surface area contributed by atoms with Gasteiger partial charge in [0.1, 0.15) is 29.1 Å². The molecule has 8 heteroatoms. The summed E-state index contributed by atoms with van der Waals surface area (Å²) in [6, 6.07) is 24.0. The first kappa shape index (κ1) is 27.9. The summed E-state index contributed by atoms with van der Waals surface area (Å²) in [6.45, 7) is 0.437. The zero-order chi connectivity index (χ0) is 29.9. The molecule has 0 radical (unpaired) electrons. The van der Waals surface area contributed by atoms with Crippen LogP contribution < -0.4 is 29.1 Å². The highest BCUT2D eigenvalue weighted by Crippen LogP contribution is 2.45. The number of ether oxygens (including phenoxy) is 5. The molecule has 0 spiro atoms. The maximum atomic E-state index is 13.8. The highest BCUT2D eigenvalue weighted by Gasteiger charge is 2.34. The van der Waals surface area contributed by atoms with E-state index in [0.29, 0.717) is 63.7 Å². The van der Waals surface area contributed by atoms with Gasteiger partial charge in [-0.05, 0) is 53.6 Å². The minimum absolute atomic E-state index is 0.0755. The number of carbonyl (C=O) groups is 1. The first-order valence-corrected chi connectivity index (χ1v) is 13.9. The topological polar surface area (TPSA) is 93.4 Å². The van der Waals surface area contributed by atoms with Gasteiger partial charge in [0, 0.05) is 23.5 Å². The number of benzene rings is 4. The van der Waals surface area contributed by atoms with Crippen LogP contribution in [0.1, 0.15) is 29.0 Å². The summed E-state index contributed by atoms with van der Waals surface area (Å²) < 4.78 is 34.1. The molecule has 4 aromatic carbocycles. The molecular weight excluding hydrogens is 548 g/mol. The smallest absolute Gasteiger partial charge is 0.312 e. The highest BCUT2D eigenvalue weighted by atomic mass is 16.5. The summed E-state index contributed by atoms with van der Waals surface area (Å²) in [6.07, 6.45) is 2.21. The summed E-state index contributed by atoms with van der Waals surface area (Å²) in [4.78, 5) is 26.5. The normalized spacial score (nSPS) is 14.1. The van der Waals surface area contributed by atoms with E-state index in [1.807, 2.05) is 48.5 Å². The van der Waals surface area contributed by atoms with Crippen LogP contribution in [0, 0.1) is 0 Å². The van der Waals surface area contributed by atoms with Crippen LogP contribution in [0.3, 0.4) is 0 Å². The average molecular weight is 579 g/mol. The highest BCUT2D eigenvalue weighted by molar-refractivity contribution is 5.90. The number of para-hydroxylation sites is 1. The molecule has 1 aliphatic rings. The molecule has 43 heavy (non-hydrogen) atoms. The molecule has 1 aromatic heterocycles. The van der Waals surface area contributed by atoms with Crippen LogP contribution >= 0.6 is 0 Å². The molecule has 0 aliphatic carbocycles. The van der Waals surface area contributed by atoms with Crippen LogP contribution in [-0.2, 0) is 11.2 Å². The fourth-order valence-corrected chi connectivity index (χ4v) is 5.49. The number of methoxy groups -OCH3 is 3. The Morgan fingerprint density at radius 2 is 1.60 bits per heavy atom. The molecule has 1 atom stereocenters. The Balaban J connectivity index is 1.37. The molecule has 6 rings (SSSR count). The van der Waals surface area contributed by atoms with Gasteiger partial charge >= 0.3 is 5.97 Å². The summed E-state index contributed by atoms with van der Waals surface area (Å²) in [5.74, 6) is 2.07. The number of esters is 1. The number of fused-ring (bicyclic) bond motifs is 3. The van der Waals surface area contributed by atoms with Crippen LogP contribution in [0.4, 0.5) is 0 Å². The van der Waals surface area contributed by atoms with E-state index >= 15 is 0 Å². The predicted molar refractivity (Wildman–Crippen MR) is 162 cm³/mol. The second kappa shape index (κ2) is 11.9. The minimum atomic E-state index is -0.438. The second-order valence-electron chi connectivity index (χ2n) is 10.1. The number of carbonyl (C=O) groups excluding carboxylic acids is 1. The Morgan fingerprint density at radius 1 is 0.814 bits per heavy atom.